The molecule has 1 aromatic rings. The number of benzene rings is 1. The number of rotatable bonds is 4. The van der Waals surface area contributed by atoms with Crippen molar-refractivity contribution in [2.75, 3.05) is 13.4 Å². The van der Waals surface area contributed by atoms with Gasteiger partial charge >= 0.3 is 0 Å². The minimum atomic E-state index is -0.188. The molecular weight excluding hydrogens is 140 g/mol. The number of hydrogen-bond acceptors (Lipinski definition) is 2. The second-order valence-corrected chi connectivity index (χ2v) is 2.27. The molecule has 0 aromatic heterocycles. The number of aliphatic hydroxyl groups is 1. The van der Waals surface area contributed by atoms with E-state index >= 15 is 0 Å². The van der Waals surface area contributed by atoms with Crippen LogP contribution < -0.4 is 0 Å². The topological polar surface area (TPSA) is 29.5 Å². The van der Waals surface area contributed by atoms with Crippen LogP contribution in [0, 0.1) is 0 Å². The summed E-state index contributed by atoms with van der Waals surface area (Å²) in [5.41, 5.74) is 1.24. The smallest absolute Gasteiger partial charge is 0.143 e. The average molecular weight is 152 g/mol. The Kier molecular flexibility index (Phi) is 3.65. The highest BCUT2D eigenvalue weighted by atomic mass is 16.6. The van der Waals surface area contributed by atoms with Gasteiger partial charge in [0.2, 0.25) is 0 Å². The van der Waals surface area contributed by atoms with E-state index in [1.807, 2.05) is 30.3 Å². The van der Waals surface area contributed by atoms with Crippen LogP contribution in [0.3, 0.4) is 0 Å². The average Bonchev–Trinajstić information content (AvgIpc) is 2.07. The standard InChI is InChI=1S/C9H12O2/c10-8-11-7-6-9-4-2-1-3-5-9/h1-5,10H,6-8H2. The molecule has 0 heterocycles. The van der Waals surface area contributed by atoms with Crippen molar-refractivity contribution < 1.29 is 9.84 Å². The molecule has 1 rings (SSSR count). The molecule has 2 heteroatoms. The van der Waals surface area contributed by atoms with Gasteiger partial charge in [-0.3, -0.25) is 0 Å². The molecule has 0 bridgehead atoms. The maximum atomic E-state index is 8.32. The highest BCUT2D eigenvalue weighted by Crippen LogP contribution is 1.98. The fourth-order valence-electron chi connectivity index (χ4n) is 0.899. The Labute approximate surface area is 66.4 Å². The van der Waals surface area contributed by atoms with E-state index in [9.17, 15) is 0 Å². The molecule has 0 aliphatic carbocycles. The Morgan fingerprint density at radius 1 is 1.18 bits per heavy atom. The summed E-state index contributed by atoms with van der Waals surface area (Å²) in [6.45, 7) is 0.396. The van der Waals surface area contributed by atoms with Gasteiger partial charge in [0.1, 0.15) is 6.79 Å². The third kappa shape index (κ3) is 3.16. The predicted octanol–water partition coefficient (Wildman–Crippen LogP) is 1.20. The predicted molar refractivity (Wildman–Crippen MR) is 43.2 cm³/mol. The molecule has 0 atom stereocenters. The molecule has 11 heavy (non-hydrogen) atoms. The van der Waals surface area contributed by atoms with E-state index in [0.717, 1.165) is 6.42 Å². The van der Waals surface area contributed by atoms with Crippen molar-refractivity contribution in [1.29, 1.82) is 0 Å². The minimum absolute atomic E-state index is 0.188. The first kappa shape index (κ1) is 8.24. The van der Waals surface area contributed by atoms with Crippen LogP contribution in [-0.4, -0.2) is 18.5 Å². The lowest BCUT2D eigenvalue weighted by molar-refractivity contribution is 0.000271. The lowest BCUT2D eigenvalue weighted by Crippen LogP contribution is -1.98. The lowest BCUT2D eigenvalue weighted by atomic mass is 10.2. The van der Waals surface area contributed by atoms with Gasteiger partial charge in [0, 0.05) is 0 Å². The van der Waals surface area contributed by atoms with Crippen molar-refractivity contribution in [1.82, 2.24) is 0 Å². The summed E-state index contributed by atoms with van der Waals surface area (Å²) in [7, 11) is 0. The van der Waals surface area contributed by atoms with Crippen molar-refractivity contribution in [3.05, 3.63) is 35.9 Å². The van der Waals surface area contributed by atoms with Gasteiger partial charge < -0.3 is 9.84 Å². The fourth-order valence-corrected chi connectivity index (χ4v) is 0.899. The first-order chi connectivity index (χ1) is 5.43. The van der Waals surface area contributed by atoms with Crippen molar-refractivity contribution in [3.63, 3.8) is 0 Å². The Hall–Kier alpha value is -0.860. The summed E-state index contributed by atoms with van der Waals surface area (Å²) in [4.78, 5) is 0. The van der Waals surface area contributed by atoms with Gasteiger partial charge in [0.05, 0.1) is 6.61 Å². The van der Waals surface area contributed by atoms with Crippen LogP contribution in [0.4, 0.5) is 0 Å². The molecular formula is C9H12O2. The molecule has 0 unspecified atom stereocenters. The Morgan fingerprint density at radius 2 is 1.91 bits per heavy atom. The van der Waals surface area contributed by atoms with Gasteiger partial charge in [-0.1, -0.05) is 30.3 Å². The molecule has 2 nitrogen and oxygen atoms in total. The molecule has 0 radical (unpaired) electrons. The zero-order valence-electron chi connectivity index (χ0n) is 6.36. The summed E-state index contributed by atoms with van der Waals surface area (Å²) in [5, 5.41) is 8.32. The van der Waals surface area contributed by atoms with E-state index in [0.29, 0.717) is 6.61 Å². The minimum Gasteiger partial charge on any atom is -0.371 e. The molecule has 0 amide bonds. The highest BCUT2D eigenvalue weighted by molar-refractivity contribution is 5.14. The highest BCUT2D eigenvalue weighted by Gasteiger charge is 1.89. The van der Waals surface area contributed by atoms with Crippen LogP contribution in [0.5, 0.6) is 0 Å². The summed E-state index contributed by atoms with van der Waals surface area (Å²) >= 11 is 0. The SMILES string of the molecule is OCOCCc1ccccc1. The number of ether oxygens (including phenoxy) is 1. The third-order valence-corrected chi connectivity index (χ3v) is 1.47. The van der Waals surface area contributed by atoms with Gasteiger partial charge in [0.25, 0.3) is 0 Å². The first-order valence-electron chi connectivity index (χ1n) is 3.66. The van der Waals surface area contributed by atoms with Crippen molar-refractivity contribution in [2.45, 2.75) is 6.42 Å². The quantitative estimate of drug-likeness (QED) is 0.519. The molecule has 0 spiro atoms. The van der Waals surface area contributed by atoms with Crippen LogP contribution in [0.2, 0.25) is 0 Å². The zero-order chi connectivity index (χ0) is 7.94. The Bertz CT molecular complexity index is 184. The second kappa shape index (κ2) is 4.88. The molecule has 1 aromatic carbocycles. The second-order valence-electron chi connectivity index (χ2n) is 2.27. The monoisotopic (exact) mass is 152 g/mol. The molecule has 0 saturated heterocycles. The van der Waals surface area contributed by atoms with Gasteiger partial charge in [-0.2, -0.15) is 0 Å². The van der Waals surface area contributed by atoms with Gasteiger partial charge in [-0.15, -0.1) is 0 Å². The fraction of sp³-hybridized carbons (Fsp3) is 0.333. The Balaban J connectivity index is 2.28. The van der Waals surface area contributed by atoms with Crippen LogP contribution in [-0.2, 0) is 11.2 Å². The molecule has 0 aliphatic heterocycles. The maximum Gasteiger partial charge on any atom is 0.143 e. The van der Waals surface area contributed by atoms with Gasteiger partial charge in [-0.05, 0) is 12.0 Å². The molecule has 0 fully saturated rings. The lowest BCUT2D eigenvalue weighted by Gasteiger charge is -1.99. The summed E-state index contributed by atoms with van der Waals surface area (Å²) in [6, 6.07) is 10.1. The largest absolute Gasteiger partial charge is 0.371 e. The molecule has 60 valence electrons. The molecule has 1 N–H and O–H groups in total. The van der Waals surface area contributed by atoms with E-state index in [-0.39, 0.29) is 6.79 Å². The van der Waals surface area contributed by atoms with Gasteiger partial charge in [0.15, 0.2) is 0 Å². The summed E-state index contributed by atoms with van der Waals surface area (Å²) in [6.07, 6.45) is 0.862. The van der Waals surface area contributed by atoms with Crippen LogP contribution in [0.15, 0.2) is 30.3 Å². The molecule has 0 saturated carbocycles. The van der Waals surface area contributed by atoms with Crippen molar-refractivity contribution in [2.24, 2.45) is 0 Å². The van der Waals surface area contributed by atoms with E-state index in [4.69, 9.17) is 9.84 Å². The summed E-state index contributed by atoms with van der Waals surface area (Å²) < 4.78 is 4.79. The first-order valence-corrected chi connectivity index (χ1v) is 3.66. The number of hydrogen-bond donors (Lipinski definition) is 1. The van der Waals surface area contributed by atoms with Crippen LogP contribution in [0.25, 0.3) is 0 Å². The van der Waals surface area contributed by atoms with Crippen LogP contribution in [0.1, 0.15) is 5.56 Å². The van der Waals surface area contributed by atoms with E-state index in [1.165, 1.54) is 5.56 Å². The maximum absolute atomic E-state index is 8.32. The Morgan fingerprint density at radius 3 is 2.55 bits per heavy atom. The van der Waals surface area contributed by atoms with Crippen LogP contribution >= 0.6 is 0 Å². The normalized spacial score (nSPS) is 9.91. The van der Waals surface area contributed by atoms with Crippen molar-refractivity contribution in [3.8, 4) is 0 Å². The van der Waals surface area contributed by atoms with E-state index in [2.05, 4.69) is 0 Å². The van der Waals surface area contributed by atoms with Crippen molar-refractivity contribution >= 4 is 0 Å². The summed E-state index contributed by atoms with van der Waals surface area (Å²) in [5.74, 6) is 0. The van der Waals surface area contributed by atoms with Gasteiger partial charge in [-0.25, -0.2) is 0 Å². The van der Waals surface area contributed by atoms with E-state index < -0.39 is 0 Å². The molecule has 0 aliphatic rings. The third-order valence-electron chi connectivity index (χ3n) is 1.47. The zero-order valence-corrected chi connectivity index (χ0v) is 6.36. The number of aliphatic hydroxyl groups excluding tert-OH is 1. The van der Waals surface area contributed by atoms with E-state index in [1.54, 1.807) is 0 Å².